The number of carbonyl (C=O) groups excluding carboxylic acids is 1. The molecule has 0 radical (unpaired) electrons. The molecule has 2 rings (SSSR count). The Morgan fingerprint density at radius 3 is 2.88 bits per heavy atom. The van der Waals surface area contributed by atoms with E-state index in [0.717, 1.165) is 25.7 Å². The van der Waals surface area contributed by atoms with Gasteiger partial charge >= 0.3 is 5.97 Å². The lowest BCUT2D eigenvalue weighted by Gasteiger charge is -2.19. The summed E-state index contributed by atoms with van der Waals surface area (Å²) >= 11 is 0. The van der Waals surface area contributed by atoms with Crippen LogP contribution in [0.4, 0.5) is 0 Å². The zero-order valence-electron chi connectivity index (χ0n) is 10.8. The average Bonchev–Trinajstić information content (AvgIpc) is 2.54. The molecule has 0 bridgehead atoms. The van der Waals surface area contributed by atoms with Crippen molar-refractivity contribution >= 4 is 5.97 Å². The quantitative estimate of drug-likeness (QED) is 0.547. The van der Waals surface area contributed by atoms with E-state index in [4.69, 9.17) is 9.47 Å². The highest BCUT2D eigenvalue weighted by molar-refractivity contribution is 5.72. The first-order valence-corrected chi connectivity index (χ1v) is 7.14. The number of rotatable bonds is 5. The van der Waals surface area contributed by atoms with E-state index in [1.54, 1.807) is 0 Å². The molecule has 0 amide bonds. The summed E-state index contributed by atoms with van der Waals surface area (Å²) in [4.78, 5) is 11.2. The van der Waals surface area contributed by atoms with E-state index >= 15 is 0 Å². The minimum atomic E-state index is -0.0772. The van der Waals surface area contributed by atoms with Crippen LogP contribution in [0.25, 0.3) is 0 Å². The van der Waals surface area contributed by atoms with Crippen LogP contribution in [0.1, 0.15) is 64.7 Å². The Kier molecular flexibility index (Phi) is 4.84. The van der Waals surface area contributed by atoms with E-state index in [1.165, 1.54) is 25.7 Å². The molecule has 2 aliphatic rings. The van der Waals surface area contributed by atoms with Gasteiger partial charge in [0.1, 0.15) is 12.2 Å². The maximum absolute atomic E-state index is 11.2. The van der Waals surface area contributed by atoms with Gasteiger partial charge in [-0.3, -0.25) is 4.79 Å². The summed E-state index contributed by atoms with van der Waals surface area (Å²) in [5, 5.41) is 0. The van der Waals surface area contributed by atoms with Crippen molar-refractivity contribution in [1.82, 2.24) is 0 Å². The summed E-state index contributed by atoms with van der Waals surface area (Å²) in [6.45, 7) is 2.23. The minimum absolute atomic E-state index is 0.0428. The normalized spacial score (nSPS) is 33.0. The molecule has 0 unspecified atom stereocenters. The van der Waals surface area contributed by atoms with Crippen LogP contribution in [-0.2, 0) is 14.3 Å². The summed E-state index contributed by atoms with van der Waals surface area (Å²) in [6, 6.07) is 0. The molecule has 2 saturated heterocycles. The molecule has 3 heteroatoms. The zero-order valence-corrected chi connectivity index (χ0v) is 10.8. The van der Waals surface area contributed by atoms with E-state index in [0.29, 0.717) is 12.5 Å². The predicted molar refractivity (Wildman–Crippen MR) is 65.8 cm³/mol. The summed E-state index contributed by atoms with van der Waals surface area (Å²) in [5.74, 6) is -0.0772. The van der Waals surface area contributed by atoms with Crippen molar-refractivity contribution in [2.75, 3.05) is 0 Å². The van der Waals surface area contributed by atoms with Gasteiger partial charge in [0.2, 0.25) is 0 Å². The van der Waals surface area contributed by atoms with Crippen molar-refractivity contribution in [2.24, 2.45) is 0 Å². The third-order valence-electron chi connectivity index (χ3n) is 3.83. The van der Waals surface area contributed by atoms with Crippen molar-refractivity contribution in [3.05, 3.63) is 0 Å². The minimum Gasteiger partial charge on any atom is -0.460 e. The van der Waals surface area contributed by atoms with Gasteiger partial charge in [0.05, 0.1) is 12.5 Å². The Labute approximate surface area is 104 Å². The SMILES string of the molecule is CCCCCC[C@H]1CCC[C@@H]2OC(=O)C[C@H]2O1. The molecular formula is C14H24O3. The largest absolute Gasteiger partial charge is 0.460 e. The fraction of sp³-hybridized carbons (Fsp3) is 0.929. The first-order chi connectivity index (χ1) is 8.29. The topological polar surface area (TPSA) is 35.5 Å². The van der Waals surface area contributed by atoms with Gasteiger partial charge in [0, 0.05) is 0 Å². The standard InChI is InChI=1S/C14H24O3/c1-2-3-4-5-7-11-8-6-9-12-13(16-11)10-14(15)17-12/h11-13H,2-10H2,1H3/t11-,12-,13+/m0/s1. The Morgan fingerprint density at radius 1 is 1.18 bits per heavy atom. The van der Waals surface area contributed by atoms with Gasteiger partial charge in [-0.25, -0.2) is 0 Å². The number of hydrogen-bond donors (Lipinski definition) is 0. The van der Waals surface area contributed by atoms with Crippen LogP contribution in [0.2, 0.25) is 0 Å². The summed E-state index contributed by atoms with van der Waals surface area (Å²) < 4.78 is 11.3. The molecule has 0 N–H and O–H groups in total. The summed E-state index contributed by atoms with van der Waals surface area (Å²) in [7, 11) is 0. The van der Waals surface area contributed by atoms with Gasteiger partial charge in [-0.1, -0.05) is 32.6 Å². The summed E-state index contributed by atoms with van der Waals surface area (Å²) in [5.41, 5.74) is 0. The first-order valence-electron chi connectivity index (χ1n) is 7.14. The van der Waals surface area contributed by atoms with E-state index in [2.05, 4.69) is 6.92 Å². The van der Waals surface area contributed by atoms with Crippen LogP contribution in [0.3, 0.4) is 0 Å². The predicted octanol–water partition coefficient (Wildman–Crippen LogP) is 3.21. The smallest absolute Gasteiger partial charge is 0.308 e. The second-order valence-corrected chi connectivity index (χ2v) is 5.31. The maximum Gasteiger partial charge on any atom is 0.308 e. The molecule has 17 heavy (non-hydrogen) atoms. The van der Waals surface area contributed by atoms with E-state index in [1.807, 2.05) is 0 Å². The van der Waals surface area contributed by atoms with Crippen LogP contribution in [0, 0.1) is 0 Å². The van der Waals surface area contributed by atoms with E-state index in [-0.39, 0.29) is 18.2 Å². The van der Waals surface area contributed by atoms with Crippen molar-refractivity contribution < 1.29 is 14.3 Å². The molecule has 98 valence electrons. The van der Waals surface area contributed by atoms with Gasteiger partial charge in [0.15, 0.2) is 0 Å². The number of hydrogen-bond acceptors (Lipinski definition) is 3. The Hall–Kier alpha value is -0.570. The lowest BCUT2D eigenvalue weighted by molar-refractivity contribution is -0.142. The van der Waals surface area contributed by atoms with Crippen molar-refractivity contribution in [3.8, 4) is 0 Å². The Balaban J connectivity index is 1.74. The highest BCUT2D eigenvalue weighted by Gasteiger charge is 2.38. The Bertz CT molecular complexity index is 252. The van der Waals surface area contributed by atoms with Gasteiger partial charge < -0.3 is 9.47 Å². The molecule has 2 fully saturated rings. The highest BCUT2D eigenvalue weighted by Crippen LogP contribution is 2.30. The van der Waals surface area contributed by atoms with Crippen LogP contribution in [0.5, 0.6) is 0 Å². The molecule has 0 saturated carbocycles. The lowest BCUT2D eigenvalue weighted by Crippen LogP contribution is -2.26. The number of esters is 1. The zero-order chi connectivity index (χ0) is 12.1. The molecule has 3 nitrogen and oxygen atoms in total. The average molecular weight is 240 g/mol. The van der Waals surface area contributed by atoms with Crippen LogP contribution in [0.15, 0.2) is 0 Å². The molecule has 0 aromatic heterocycles. The molecule has 2 heterocycles. The second kappa shape index (κ2) is 6.39. The number of unbranched alkanes of at least 4 members (excludes halogenated alkanes) is 3. The third kappa shape index (κ3) is 3.70. The molecule has 3 atom stereocenters. The molecule has 0 spiro atoms. The third-order valence-corrected chi connectivity index (χ3v) is 3.83. The summed E-state index contributed by atoms with van der Waals surface area (Å²) in [6.07, 6.45) is 10.5. The molecule has 0 aromatic rings. The van der Waals surface area contributed by atoms with Crippen molar-refractivity contribution in [2.45, 2.75) is 83.0 Å². The number of fused-ring (bicyclic) bond motifs is 1. The molecule has 2 aliphatic heterocycles. The van der Waals surface area contributed by atoms with Crippen LogP contribution in [-0.4, -0.2) is 24.3 Å². The lowest BCUT2D eigenvalue weighted by atomic mass is 10.0. The van der Waals surface area contributed by atoms with Crippen molar-refractivity contribution in [3.63, 3.8) is 0 Å². The highest BCUT2D eigenvalue weighted by atomic mass is 16.6. The van der Waals surface area contributed by atoms with Crippen molar-refractivity contribution in [1.29, 1.82) is 0 Å². The second-order valence-electron chi connectivity index (χ2n) is 5.31. The molecular weight excluding hydrogens is 216 g/mol. The van der Waals surface area contributed by atoms with E-state index < -0.39 is 0 Å². The Morgan fingerprint density at radius 2 is 2.06 bits per heavy atom. The fourth-order valence-electron chi connectivity index (χ4n) is 2.84. The fourth-order valence-corrected chi connectivity index (χ4v) is 2.84. The van der Waals surface area contributed by atoms with Gasteiger partial charge in [-0.2, -0.15) is 0 Å². The number of ether oxygens (including phenoxy) is 2. The first kappa shape index (κ1) is 12.9. The van der Waals surface area contributed by atoms with Crippen LogP contribution < -0.4 is 0 Å². The van der Waals surface area contributed by atoms with Gasteiger partial charge in [0.25, 0.3) is 0 Å². The molecule has 0 aromatic carbocycles. The monoisotopic (exact) mass is 240 g/mol. The number of carbonyl (C=O) groups is 1. The van der Waals surface area contributed by atoms with E-state index in [9.17, 15) is 4.79 Å². The maximum atomic E-state index is 11.2. The molecule has 0 aliphatic carbocycles. The van der Waals surface area contributed by atoms with Crippen LogP contribution >= 0.6 is 0 Å². The van der Waals surface area contributed by atoms with Gasteiger partial charge in [-0.15, -0.1) is 0 Å². The van der Waals surface area contributed by atoms with Gasteiger partial charge in [-0.05, 0) is 25.7 Å².